The van der Waals surface area contributed by atoms with Gasteiger partial charge in [-0.3, -0.25) is 0 Å². The van der Waals surface area contributed by atoms with Crippen molar-refractivity contribution in [2.75, 3.05) is 0 Å². The lowest BCUT2D eigenvalue weighted by Crippen LogP contribution is -2.03. The number of imidazole rings is 2. The van der Waals surface area contributed by atoms with Crippen molar-refractivity contribution in [2.24, 2.45) is 0 Å². The Morgan fingerprint density at radius 1 is 0.535 bits per heavy atom. The van der Waals surface area contributed by atoms with Crippen molar-refractivity contribution in [3.8, 4) is 0 Å². The van der Waals surface area contributed by atoms with Gasteiger partial charge < -0.3 is 9.97 Å². The van der Waals surface area contributed by atoms with Crippen LogP contribution in [0.4, 0.5) is 0 Å². The van der Waals surface area contributed by atoms with Gasteiger partial charge in [0.2, 0.25) is 0 Å². The van der Waals surface area contributed by atoms with Crippen LogP contribution in [0.15, 0.2) is 107 Å². The van der Waals surface area contributed by atoms with Crippen molar-refractivity contribution in [2.45, 2.75) is 35.5 Å². The van der Waals surface area contributed by atoms with Gasteiger partial charge in [-0.1, -0.05) is 94.6 Å². The Labute approximate surface area is 274 Å². The van der Waals surface area contributed by atoms with Gasteiger partial charge in [0.15, 0.2) is 0 Å². The number of hydrogen-bond acceptors (Lipinski definition) is 3. The first-order valence-corrected chi connectivity index (χ1v) is 16.0. The maximum Gasteiger partial charge on any atom is 0.110 e. The first kappa shape index (κ1) is 29.9. The van der Waals surface area contributed by atoms with E-state index < -0.39 is 0 Å². The number of rotatable bonds is 10. The van der Waals surface area contributed by atoms with Crippen molar-refractivity contribution in [3.63, 3.8) is 0 Å². The van der Waals surface area contributed by atoms with E-state index in [0.29, 0.717) is 32.9 Å². The number of benzene rings is 4. The second kappa shape index (κ2) is 13.6. The molecule has 6 aromatic rings. The zero-order chi connectivity index (χ0) is 29.8. The van der Waals surface area contributed by atoms with Gasteiger partial charge in [0.25, 0.3) is 0 Å². The summed E-state index contributed by atoms with van der Waals surface area (Å²) >= 11 is 26.9. The number of nitrogens with zero attached hydrogens (tertiary/aromatic N) is 2. The van der Waals surface area contributed by atoms with Gasteiger partial charge in [-0.15, -0.1) is 0 Å². The van der Waals surface area contributed by atoms with Crippen LogP contribution < -0.4 is 0 Å². The van der Waals surface area contributed by atoms with E-state index in [9.17, 15) is 0 Å². The molecular weight excluding hydrogens is 638 g/mol. The van der Waals surface area contributed by atoms with Crippen LogP contribution in [0.3, 0.4) is 0 Å². The number of nitrogens with one attached hydrogen (secondary N) is 2. The summed E-state index contributed by atoms with van der Waals surface area (Å²) in [7, 11) is 0. The zero-order valence-electron chi connectivity index (χ0n) is 22.9. The smallest absolute Gasteiger partial charge is 0.110 e. The minimum Gasteiger partial charge on any atom is -0.348 e. The second-order valence-electron chi connectivity index (χ2n) is 10.2. The summed E-state index contributed by atoms with van der Waals surface area (Å²) in [5.74, 6) is 1.82. The van der Waals surface area contributed by atoms with E-state index >= 15 is 0 Å². The highest BCUT2D eigenvalue weighted by Gasteiger charge is 2.17. The van der Waals surface area contributed by atoms with Gasteiger partial charge in [0.1, 0.15) is 11.6 Å². The number of aromatic amines is 2. The van der Waals surface area contributed by atoms with Crippen molar-refractivity contribution in [3.05, 3.63) is 163 Å². The predicted octanol–water partition coefficient (Wildman–Crippen LogP) is 10.3. The largest absolute Gasteiger partial charge is 0.348 e. The van der Waals surface area contributed by atoms with Crippen LogP contribution in [-0.2, 0) is 25.7 Å². The standard InChI is InChI=1S/C34H26Cl4N4S/c35-27-9-7-21(17-29(27)37)15-23-3-1-5-31(25(23)19-33-39-11-12-40-33)43-32-6-2-4-24(26(32)20-34-41-13-14-42-34)16-22-8-10-28(36)30(38)18-22/h1-14,17-18H,15-16,19-20H2,(H,39,40)(H,41,42). The summed E-state index contributed by atoms with van der Waals surface area (Å²) < 4.78 is 0. The van der Waals surface area contributed by atoms with Gasteiger partial charge in [0.05, 0.1) is 20.1 Å². The molecule has 43 heavy (non-hydrogen) atoms. The SMILES string of the molecule is Clc1ccc(Cc2cccc(Sc3cccc(Cc4ccc(Cl)c(Cl)c4)c3Cc3ncc[nH]3)c2Cc2ncc[nH]2)cc1Cl. The molecule has 0 radical (unpaired) electrons. The van der Waals surface area contributed by atoms with E-state index in [2.05, 4.69) is 56.3 Å². The number of H-pyrrole nitrogens is 2. The molecule has 0 saturated heterocycles. The summed E-state index contributed by atoms with van der Waals surface area (Å²) in [6.07, 6.45) is 10.1. The van der Waals surface area contributed by atoms with Crippen molar-refractivity contribution >= 4 is 58.2 Å². The summed E-state index contributed by atoms with van der Waals surface area (Å²) in [4.78, 5) is 18.0. The van der Waals surface area contributed by atoms with Crippen LogP contribution in [0.2, 0.25) is 20.1 Å². The fourth-order valence-corrected chi connectivity index (χ4v) is 6.95. The van der Waals surface area contributed by atoms with E-state index in [1.807, 2.05) is 48.8 Å². The molecule has 0 spiro atoms. The molecule has 0 amide bonds. The molecule has 2 aromatic heterocycles. The Morgan fingerprint density at radius 2 is 1.00 bits per heavy atom. The van der Waals surface area contributed by atoms with Gasteiger partial charge in [-0.05, 0) is 82.6 Å². The third kappa shape index (κ3) is 7.31. The van der Waals surface area contributed by atoms with E-state index in [0.717, 1.165) is 35.6 Å². The topological polar surface area (TPSA) is 57.4 Å². The molecule has 0 fully saturated rings. The van der Waals surface area contributed by atoms with E-state index in [-0.39, 0.29) is 0 Å². The molecule has 0 aliphatic heterocycles. The van der Waals surface area contributed by atoms with Gasteiger partial charge in [-0.2, -0.15) is 0 Å². The van der Waals surface area contributed by atoms with Crippen LogP contribution in [0, 0.1) is 0 Å². The molecule has 0 saturated carbocycles. The third-order valence-corrected chi connectivity index (χ3v) is 9.92. The first-order valence-electron chi connectivity index (χ1n) is 13.7. The van der Waals surface area contributed by atoms with Crippen molar-refractivity contribution < 1.29 is 0 Å². The summed E-state index contributed by atoms with van der Waals surface area (Å²) in [6, 6.07) is 24.6. The fourth-order valence-electron chi connectivity index (χ4n) is 5.13. The molecule has 0 aliphatic carbocycles. The number of hydrogen-bond donors (Lipinski definition) is 2. The van der Waals surface area contributed by atoms with E-state index in [1.165, 1.54) is 32.0 Å². The molecule has 0 atom stereocenters. The minimum atomic E-state index is 0.551. The number of halogens is 4. The summed E-state index contributed by atoms with van der Waals surface area (Å²) in [5, 5.41) is 2.21. The molecule has 2 heterocycles. The molecule has 4 nitrogen and oxygen atoms in total. The Hall–Kier alpha value is -3.19. The van der Waals surface area contributed by atoms with Gasteiger partial charge in [-0.25, -0.2) is 9.97 Å². The quantitative estimate of drug-likeness (QED) is 0.153. The zero-order valence-corrected chi connectivity index (χ0v) is 26.7. The van der Waals surface area contributed by atoms with E-state index in [1.54, 1.807) is 24.2 Å². The predicted molar refractivity (Wildman–Crippen MR) is 178 cm³/mol. The van der Waals surface area contributed by atoms with Crippen molar-refractivity contribution in [1.29, 1.82) is 0 Å². The average molecular weight is 664 g/mol. The normalized spacial score (nSPS) is 11.3. The van der Waals surface area contributed by atoms with Gasteiger partial charge in [0, 0.05) is 47.4 Å². The second-order valence-corrected chi connectivity index (χ2v) is 12.9. The van der Waals surface area contributed by atoms with Crippen LogP contribution >= 0.6 is 58.2 Å². The molecule has 9 heteroatoms. The molecule has 4 aromatic carbocycles. The van der Waals surface area contributed by atoms with Crippen LogP contribution in [0.5, 0.6) is 0 Å². The molecular formula is C34H26Cl4N4S. The van der Waals surface area contributed by atoms with Crippen LogP contribution in [0.1, 0.15) is 45.0 Å². The highest BCUT2D eigenvalue weighted by Crippen LogP contribution is 2.38. The maximum atomic E-state index is 6.37. The van der Waals surface area contributed by atoms with Crippen molar-refractivity contribution in [1.82, 2.24) is 19.9 Å². The lowest BCUT2D eigenvalue weighted by Gasteiger charge is -2.18. The average Bonchev–Trinajstić information content (AvgIpc) is 3.71. The Balaban J connectivity index is 1.40. The first-order chi connectivity index (χ1) is 20.9. The lowest BCUT2D eigenvalue weighted by molar-refractivity contribution is 0.960. The highest BCUT2D eigenvalue weighted by atomic mass is 35.5. The Bertz CT molecular complexity index is 1720. The fraction of sp³-hybridized carbons (Fsp3) is 0.118. The molecule has 0 bridgehead atoms. The van der Waals surface area contributed by atoms with Crippen LogP contribution in [0.25, 0.3) is 0 Å². The minimum absolute atomic E-state index is 0.551. The van der Waals surface area contributed by atoms with E-state index in [4.69, 9.17) is 46.4 Å². The highest BCUT2D eigenvalue weighted by molar-refractivity contribution is 7.99. The lowest BCUT2D eigenvalue weighted by atomic mass is 9.97. The Morgan fingerprint density at radius 3 is 1.40 bits per heavy atom. The summed E-state index contributed by atoms with van der Waals surface area (Å²) in [6.45, 7) is 0. The summed E-state index contributed by atoms with van der Waals surface area (Å²) in [5.41, 5.74) is 7.04. The Kier molecular flexibility index (Phi) is 9.46. The van der Waals surface area contributed by atoms with Crippen LogP contribution in [-0.4, -0.2) is 19.9 Å². The molecule has 2 N–H and O–H groups in total. The number of aromatic nitrogens is 4. The van der Waals surface area contributed by atoms with Gasteiger partial charge >= 0.3 is 0 Å². The molecule has 216 valence electrons. The molecule has 6 rings (SSSR count). The monoisotopic (exact) mass is 662 g/mol. The molecule has 0 unspecified atom stereocenters. The maximum absolute atomic E-state index is 6.37. The molecule has 0 aliphatic rings. The third-order valence-electron chi connectivity index (χ3n) is 7.24.